The molecular formula is C6H11O3. The second-order valence-corrected chi connectivity index (χ2v) is 1.54. The molecule has 0 bridgehead atoms. The standard InChI is InChI=1S/C6H11O3/c1-3-4-6(8-2)9-5-7/h5-6H,1,3-4H2,2H3. The molecule has 0 aliphatic rings. The lowest BCUT2D eigenvalue weighted by Crippen LogP contribution is -2.13. The first-order valence-corrected chi connectivity index (χ1v) is 2.76. The molecule has 0 aromatic carbocycles. The number of carbonyl (C=O) groups excluding carboxylic acids is 1. The van der Waals surface area contributed by atoms with Gasteiger partial charge in [-0.25, -0.2) is 0 Å². The van der Waals surface area contributed by atoms with Crippen molar-refractivity contribution >= 4 is 6.47 Å². The van der Waals surface area contributed by atoms with Crippen molar-refractivity contribution in [1.82, 2.24) is 0 Å². The van der Waals surface area contributed by atoms with Gasteiger partial charge in [0.2, 0.25) is 6.29 Å². The van der Waals surface area contributed by atoms with E-state index in [2.05, 4.69) is 11.7 Å². The van der Waals surface area contributed by atoms with Gasteiger partial charge in [-0.15, -0.1) is 0 Å². The third kappa shape index (κ3) is 3.97. The van der Waals surface area contributed by atoms with Gasteiger partial charge in [-0.2, -0.15) is 0 Å². The molecule has 1 atom stereocenters. The zero-order valence-corrected chi connectivity index (χ0v) is 5.50. The molecule has 0 fully saturated rings. The van der Waals surface area contributed by atoms with Gasteiger partial charge in [0, 0.05) is 13.5 Å². The second-order valence-electron chi connectivity index (χ2n) is 1.54. The molecule has 9 heavy (non-hydrogen) atoms. The van der Waals surface area contributed by atoms with Crippen molar-refractivity contribution in [3.8, 4) is 0 Å². The van der Waals surface area contributed by atoms with Crippen molar-refractivity contribution in [2.75, 3.05) is 7.11 Å². The van der Waals surface area contributed by atoms with Crippen molar-refractivity contribution < 1.29 is 14.3 Å². The Labute approximate surface area is 55.0 Å². The number of hydrogen-bond donors (Lipinski definition) is 0. The molecule has 1 unspecified atom stereocenters. The zero-order valence-electron chi connectivity index (χ0n) is 5.50. The van der Waals surface area contributed by atoms with Crippen LogP contribution in [-0.4, -0.2) is 19.9 Å². The molecule has 0 heterocycles. The summed E-state index contributed by atoms with van der Waals surface area (Å²) in [6.07, 6.45) is 0.932. The minimum absolute atomic E-state index is 0.379. The molecule has 3 nitrogen and oxygen atoms in total. The summed E-state index contributed by atoms with van der Waals surface area (Å²) in [5.74, 6) is 0. The van der Waals surface area contributed by atoms with E-state index in [-0.39, 0.29) is 0 Å². The summed E-state index contributed by atoms with van der Waals surface area (Å²) in [6, 6.07) is 0. The molecule has 0 aliphatic carbocycles. The molecule has 53 valence electrons. The average molecular weight is 131 g/mol. The molecule has 1 radical (unpaired) electrons. The molecule has 0 saturated heterocycles. The first-order chi connectivity index (χ1) is 4.35. The number of hydrogen-bond acceptors (Lipinski definition) is 3. The Bertz CT molecular complexity index is 72.7. The van der Waals surface area contributed by atoms with Crippen LogP contribution in [0.15, 0.2) is 0 Å². The van der Waals surface area contributed by atoms with Crippen LogP contribution in [0.25, 0.3) is 0 Å². The lowest BCUT2D eigenvalue weighted by molar-refractivity contribution is -0.158. The maximum absolute atomic E-state index is 9.73. The van der Waals surface area contributed by atoms with Gasteiger partial charge >= 0.3 is 0 Å². The van der Waals surface area contributed by atoms with Crippen LogP contribution >= 0.6 is 0 Å². The molecule has 0 N–H and O–H groups in total. The largest absolute Gasteiger partial charge is 0.438 e. The van der Waals surface area contributed by atoms with Crippen molar-refractivity contribution in [2.45, 2.75) is 19.1 Å². The molecule has 3 heteroatoms. The predicted octanol–water partition coefficient (Wildman–Crippen LogP) is 0.746. The summed E-state index contributed by atoms with van der Waals surface area (Å²) in [5.41, 5.74) is 0. The highest BCUT2D eigenvalue weighted by Crippen LogP contribution is 1.99. The Hall–Kier alpha value is -0.570. The van der Waals surface area contributed by atoms with Gasteiger partial charge in [-0.1, -0.05) is 6.92 Å². The van der Waals surface area contributed by atoms with Gasteiger partial charge < -0.3 is 9.47 Å². The molecule has 0 amide bonds. The minimum Gasteiger partial charge on any atom is -0.438 e. The lowest BCUT2D eigenvalue weighted by atomic mass is 10.3. The summed E-state index contributed by atoms with van der Waals surface area (Å²) < 4.78 is 9.23. The van der Waals surface area contributed by atoms with Crippen LogP contribution in [0.2, 0.25) is 0 Å². The fraction of sp³-hybridized carbons (Fsp3) is 0.667. The molecular weight excluding hydrogens is 120 g/mol. The Morgan fingerprint density at radius 1 is 1.78 bits per heavy atom. The monoisotopic (exact) mass is 131 g/mol. The molecule has 0 rings (SSSR count). The van der Waals surface area contributed by atoms with Crippen molar-refractivity contribution in [1.29, 1.82) is 0 Å². The van der Waals surface area contributed by atoms with E-state index in [1.54, 1.807) is 0 Å². The Kier molecular flexibility index (Phi) is 5.21. The molecule has 0 aromatic heterocycles. The SMILES string of the molecule is [CH2]CCC(OC)OC=O. The van der Waals surface area contributed by atoms with Gasteiger partial charge in [0.05, 0.1) is 0 Å². The van der Waals surface area contributed by atoms with Gasteiger partial charge in [0.15, 0.2) is 0 Å². The summed E-state index contributed by atoms with van der Waals surface area (Å²) in [7, 11) is 1.49. The average Bonchev–Trinajstić information content (AvgIpc) is 1.88. The lowest BCUT2D eigenvalue weighted by Gasteiger charge is -2.10. The van der Waals surface area contributed by atoms with Gasteiger partial charge in [-0.3, -0.25) is 4.79 Å². The molecule has 0 spiro atoms. The van der Waals surface area contributed by atoms with E-state index in [9.17, 15) is 4.79 Å². The number of carbonyl (C=O) groups is 1. The van der Waals surface area contributed by atoms with E-state index in [4.69, 9.17) is 4.74 Å². The van der Waals surface area contributed by atoms with Gasteiger partial charge in [0.1, 0.15) is 0 Å². The zero-order chi connectivity index (χ0) is 7.11. The van der Waals surface area contributed by atoms with E-state index in [0.29, 0.717) is 19.3 Å². The highest BCUT2D eigenvalue weighted by Gasteiger charge is 2.02. The second kappa shape index (κ2) is 5.56. The quantitative estimate of drug-likeness (QED) is 0.408. The van der Waals surface area contributed by atoms with Crippen LogP contribution < -0.4 is 0 Å². The van der Waals surface area contributed by atoms with E-state index in [0.717, 1.165) is 0 Å². The summed E-state index contributed by atoms with van der Waals surface area (Å²) >= 11 is 0. The molecule has 0 aliphatic heterocycles. The first-order valence-electron chi connectivity index (χ1n) is 2.76. The normalized spacial score (nSPS) is 12.7. The highest BCUT2D eigenvalue weighted by molar-refractivity contribution is 5.37. The van der Waals surface area contributed by atoms with Crippen LogP contribution in [-0.2, 0) is 14.3 Å². The van der Waals surface area contributed by atoms with Crippen molar-refractivity contribution in [3.63, 3.8) is 0 Å². The van der Waals surface area contributed by atoms with Gasteiger partial charge in [-0.05, 0) is 6.42 Å². The van der Waals surface area contributed by atoms with Crippen LogP contribution in [0.3, 0.4) is 0 Å². The minimum atomic E-state index is -0.417. The first kappa shape index (κ1) is 8.43. The maximum atomic E-state index is 9.73. The predicted molar refractivity (Wildman–Crippen MR) is 32.5 cm³/mol. The fourth-order valence-electron chi connectivity index (χ4n) is 0.470. The van der Waals surface area contributed by atoms with Gasteiger partial charge in [0.25, 0.3) is 6.47 Å². The number of ether oxygens (including phenoxy) is 2. The number of methoxy groups -OCH3 is 1. The third-order valence-electron chi connectivity index (χ3n) is 0.910. The van der Waals surface area contributed by atoms with Crippen LogP contribution in [0.5, 0.6) is 0 Å². The van der Waals surface area contributed by atoms with E-state index in [1.165, 1.54) is 7.11 Å². The van der Waals surface area contributed by atoms with E-state index < -0.39 is 6.29 Å². The Morgan fingerprint density at radius 2 is 2.44 bits per heavy atom. The number of rotatable bonds is 5. The van der Waals surface area contributed by atoms with Crippen molar-refractivity contribution in [2.24, 2.45) is 0 Å². The fourth-order valence-corrected chi connectivity index (χ4v) is 0.470. The molecule has 0 saturated carbocycles. The Balaban J connectivity index is 3.28. The maximum Gasteiger partial charge on any atom is 0.295 e. The topological polar surface area (TPSA) is 35.5 Å². The van der Waals surface area contributed by atoms with Crippen LogP contribution in [0.1, 0.15) is 12.8 Å². The van der Waals surface area contributed by atoms with E-state index in [1.807, 2.05) is 0 Å². The van der Waals surface area contributed by atoms with Crippen LogP contribution in [0.4, 0.5) is 0 Å². The highest BCUT2D eigenvalue weighted by atomic mass is 16.7. The summed E-state index contributed by atoms with van der Waals surface area (Å²) in [5, 5.41) is 0. The van der Waals surface area contributed by atoms with Crippen molar-refractivity contribution in [3.05, 3.63) is 6.92 Å². The third-order valence-corrected chi connectivity index (χ3v) is 0.910. The molecule has 0 aromatic rings. The summed E-state index contributed by atoms with van der Waals surface area (Å²) in [6.45, 7) is 3.96. The Morgan fingerprint density at radius 3 is 2.78 bits per heavy atom. The van der Waals surface area contributed by atoms with Crippen LogP contribution in [0, 0.1) is 6.92 Å². The van der Waals surface area contributed by atoms with E-state index >= 15 is 0 Å². The smallest absolute Gasteiger partial charge is 0.295 e. The summed E-state index contributed by atoms with van der Waals surface area (Å²) in [4.78, 5) is 9.73.